The van der Waals surface area contributed by atoms with Gasteiger partial charge in [0.25, 0.3) is 0 Å². The largest absolute Gasteiger partial charge is 0.338 e. The maximum Gasteiger partial charge on any atom is 0.138 e. The van der Waals surface area contributed by atoms with Crippen molar-refractivity contribution in [1.29, 1.82) is 0 Å². The van der Waals surface area contributed by atoms with Crippen molar-refractivity contribution in [2.45, 2.75) is 30.1 Å². The van der Waals surface area contributed by atoms with E-state index < -0.39 is 0 Å². The lowest BCUT2D eigenvalue weighted by atomic mass is 10.1. The minimum absolute atomic E-state index is 0.0572. The third-order valence-electron chi connectivity index (χ3n) is 5.95. The molecule has 0 aliphatic heterocycles. The second-order valence-electron chi connectivity index (χ2n) is 8.55. The van der Waals surface area contributed by atoms with E-state index in [0.29, 0.717) is 6.61 Å². The van der Waals surface area contributed by atoms with Crippen LogP contribution in [0.15, 0.2) is 95.0 Å². The van der Waals surface area contributed by atoms with Crippen molar-refractivity contribution in [3.8, 4) is 45.3 Å². The second kappa shape index (κ2) is 11.8. The van der Waals surface area contributed by atoms with Crippen LogP contribution in [0.3, 0.4) is 0 Å². The number of aromatic amines is 2. The van der Waals surface area contributed by atoms with Crippen LogP contribution in [0.5, 0.6) is 0 Å². The fraction of sp³-hybridized carbons (Fsp3) is 0.167. The van der Waals surface area contributed by atoms with Crippen LogP contribution in [0.2, 0.25) is 0 Å². The van der Waals surface area contributed by atoms with Crippen LogP contribution in [0.25, 0.3) is 45.3 Å². The highest BCUT2D eigenvalue weighted by molar-refractivity contribution is 8.14. The van der Waals surface area contributed by atoms with Crippen molar-refractivity contribution in [3.63, 3.8) is 0 Å². The van der Waals surface area contributed by atoms with Gasteiger partial charge in [0.1, 0.15) is 11.6 Å². The summed E-state index contributed by atoms with van der Waals surface area (Å²) < 4.78 is 5.57. The monoisotopic (exact) mass is 526 g/mol. The summed E-state index contributed by atoms with van der Waals surface area (Å²) in [5, 5.41) is 0. The van der Waals surface area contributed by atoms with Gasteiger partial charge in [-0.25, -0.2) is 9.97 Å². The zero-order chi connectivity index (χ0) is 25.6. The average molecular weight is 527 g/mol. The maximum atomic E-state index is 5.57. The molecule has 0 bridgehead atoms. The molecule has 1 atom stereocenters. The molecule has 0 spiro atoms. The van der Waals surface area contributed by atoms with Crippen LogP contribution in [-0.4, -0.2) is 38.2 Å². The van der Waals surface area contributed by atoms with E-state index in [4.69, 9.17) is 9.17 Å². The lowest BCUT2D eigenvalue weighted by molar-refractivity contribution is 0.402. The summed E-state index contributed by atoms with van der Waals surface area (Å²) in [7, 11) is -0.0572. The predicted octanol–water partition coefficient (Wildman–Crippen LogP) is 8.31. The third-order valence-corrected chi connectivity index (χ3v) is 8.72. The molecule has 0 fully saturated rings. The predicted molar refractivity (Wildman–Crippen MR) is 158 cm³/mol. The van der Waals surface area contributed by atoms with Gasteiger partial charge in [0.05, 0.1) is 30.4 Å². The van der Waals surface area contributed by atoms with E-state index in [9.17, 15) is 0 Å². The number of rotatable bonds is 10. The second-order valence-corrected chi connectivity index (χ2v) is 11.2. The molecule has 0 saturated carbocycles. The minimum Gasteiger partial charge on any atom is -0.338 e. The van der Waals surface area contributed by atoms with Crippen LogP contribution >= 0.6 is 22.5 Å². The smallest absolute Gasteiger partial charge is 0.138 e. The zero-order valence-electron chi connectivity index (χ0n) is 21.0. The molecule has 5 rings (SSSR count). The molecule has 2 aromatic heterocycles. The van der Waals surface area contributed by atoms with Gasteiger partial charge in [0, 0.05) is 44.1 Å². The quantitative estimate of drug-likeness (QED) is 0.142. The Balaban J connectivity index is 1.43. The molecular weight excluding hydrogens is 496 g/mol. The van der Waals surface area contributed by atoms with Crippen LogP contribution in [-0.2, 0) is 4.18 Å². The molecule has 5 nitrogen and oxygen atoms in total. The fourth-order valence-electron chi connectivity index (χ4n) is 4.19. The lowest BCUT2D eigenvalue weighted by Gasteiger charge is -2.11. The number of imidazole rings is 2. The van der Waals surface area contributed by atoms with Gasteiger partial charge in [-0.2, -0.15) is 10.5 Å². The molecule has 0 amide bonds. The topological polar surface area (TPSA) is 66.6 Å². The fourth-order valence-corrected chi connectivity index (χ4v) is 6.28. The average Bonchev–Trinajstić information content (AvgIpc) is 3.63. The number of nitrogens with one attached hydrogen (secondary N) is 2. The standard InChI is InChI=1S/C30H30N4OS2/c1-4-17-37(3)28-16-9-7-14-24(28)30-32-20-26(34-30)22-12-10-11-21(18-22)25-19-31-29(33-25)23-13-6-8-15-27(23)36-35-5-2/h6-16,18-20H,3-5,17H2,1-2H3,(H,31,33)(H,32,34). The summed E-state index contributed by atoms with van der Waals surface area (Å²) in [5.74, 6) is 7.18. The van der Waals surface area contributed by atoms with Crippen molar-refractivity contribution in [3.05, 3.63) is 85.2 Å². The van der Waals surface area contributed by atoms with Crippen molar-refractivity contribution >= 4 is 28.4 Å². The summed E-state index contributed by atoms with van der Waals surface area (Å²) in [6.07, 6.45) is 4.91. The Kier molecular flexibility index (Phi) is 8.04. The van der Waals surface area contributed by atoms with Crippen molar-refractivity contribution in [2.24, 2.45) is 0 Å². The van der Waals surface area contributed by atoms with Gasteiger partial charge in [-0.15, -0.1) is 0 Å². The normalized spacial score (nSPS) is 12.1. The Morgan fingerprint density at radius 2 is 1.43 bits per heavy atom. The first-order valence-corrected chi connectivity index (χ1v) is 14.7. The van der Waals surface area contributed by atoms with E-state index in [1.807, 2.05) is 37.5 Å². The first-order chi connectivity index (χ1) is 18.2. The van der Waals surface area contributed by atoms with E-state index in [1.165, 1.54) is 16.9 Å². The molecule has 2 heterocycles. The van der Waals surface area contributed by atoms with Crippen LogP contribution in [0.1, 0.15) is 20.3 Å². The Bertz CT molecular complexity index is 1520. The first kappa shape index (κ1) is 25.3. The summed E-state index contributed by atoms with van der Waals surface area (Å²) >= 11 is 1.38. The molecule has 2 N–H and O–H groups in total. The Morgan fingerprint density at radius 1 is 0.811 bits per heavy atom. The highest BCUT2D eigenvalue weighted by atomic mass is 32.2. The highest BCUT2D eigenvalue weighted by Crippen LogP contribution is 2.36. The van der Waals surface area contributed by atoms with E-state index in [-0.39, 0.29) is 10.5 Å². The van der Waals surface area contributed by atoms with Crippen molar-refractivity contribution in [1.82, 2.24) is 19.9 Å². The van der Waals surface area contributed by atoms with E-state index in [2.05, 4.69) is 82.3 Å². The zero-order valence-corrected chi connectivity index (χ0v) is 22.7. The summed E-state index contributed by atoms with van der Waals surface area (Å²) in [6.45, 7) is 4.83. The summed E-state index contributed by atoms with van der Waals surface area (Å²) in [4.78, 5) is 18.7. The van der Waals surface area contributed by atoms with Gasteiger partial charge in [0.15, 0.2) is 0 Å². The molecule has 1 unspecified atom stereocenters. The van der Waals surface area contributed by atoms with Crippen LogP contribution in [0, 0.1) is 0 Å². The van der Waals surface area contributed by atoms with E-state index in [0.717, 1.165) is 62.4 Å². The SMILES string of the molecule is C=S(CCC)c1ccccc1-c1ncc(-c2cccc(-c3cnc(-c4ccccc4SOCC)[nH]3)c2)[nH]1. The summed E-state index contributed by atoms with van der Waals surface area (Å²) in [6, 6.07) is 25.0. The number of H-pyrrole nitrogens is 2. The Hall–Kier alpha value is -3.39. The molecule has 37 heavy (non-hydrogen) atoms. The number of benzene rings is 3. The molecule has 0 saturated heterocycles. The van der Waals surface area contributed by atoms with Gasteiger partial charge >= 0.3 is 0 Å². The number of aromatic nitrogens is 4. The van der Waals surface area contributed by atoms with Crippen molar-refractivity contribution in [2.75, 3.05) is 12.4 Å². The third kappa shape index (κ3) is 5.64. The first-order valence-electron chi connectivity index (χ1n) is 12.4. The number of hydrogen-bond acceptors (Lipinski definition) is 4. The van der Waals surface area contributed by atoms with Gasteiger partial charge in [0.2, 0.25) is 0 Å². The van der Waals surface area contributed by atoms with Gasteiger partial charge in [-0.05, 0) is 37.3 Å². The Morgan fingerprint density at radius 3 is 2.11 bits per heavy atom. The van der Waals surface area contributed by atoms with Crippen LogP contribution in [0.4, 0.5) is 0 Å². The molecule has 0 radical (unpaired) electrons. The maximum absolute atomic E-state index is 5.57. The lowest BCUT2D eigenvalue weighted by Crippen LogP contribution is -1.89. The molecule has 5 aromatic rings. The van der Waals surface area contributed by atoms with Gasteiger partial charge in [-0.3, -0.25) is 0 Å². The number of nitrogens with zero attached hydrogens (tertiary/aromatic N) is 2. The van der Waals surface area contributed by atoms with E-state index in [1.54, 1.807) is 0 Å². The molecule has 7 heteroatoms. The molecular formula is C30H30N4OS2. The van der Waals surface area contributed by atoms with Crippen molar-refractivity contribution < 1.29 is 4.18 Å². The highest BCUT2D eigenvalue weighted by Gasteiger charge is 2.13. The van der Waals surface area contributed by atoms with Gasteiger partial charge < -0.3 is 14.2 Å². The molecule has 0 aliphatic carbocycles. The van der Waals surface area contributed by atoms with Gasteiger partial charge in [-0.1, -0.05) is 67.4 Å². The summed E-state index contributed by atoms with van der Waals surface area (Å²) in [5.41, 5.74) is 6.21. The van der Waals surface area contributed by atoms with Crippen LogP contribution < -0.4 is 0 Å². The number of hydrogen-bond donors (Lipinski definition) is 2. The van der Waals surface area contributed by atoms with E-state index >= 15 is 0 Å². The molecule has 3 aromatic carbocycles. The minimum atomic E-state index is -0.0572. The molecule has 0 aliphatic rings. The Labute approximate surface area is 224 Å². The molecule has 188 valence electrons.